The molecule has 20 heavy (non-hydrogen) atoms. The van der Waals surface area contributed by atoms with Gasteiger partial charge < -0.3 is 10.0 Å². The highest BCUT2D eigenvalue weighted by Crippen LogP contribution is 2.20. The summed E-state index contributed by atoms with van der Waals surface area (Å²) in [5, 5.41) is 10.6. The molecule has 1 aromatic rings. The maximum atomic E-state index is 12.4. The SMILES string of the molecule is CCc1ccsc1C(=O)N1CCN(CCC(=O)O)CC1. The first-order valence-electron chi connectivity index (χ1n) is 6.91. The molecule has 1 aromatic heterocycles. The highest BCUT2D eigenvalue weighted by atomic mass is 32.1. The summed E-state index contributed by atoms with van der Waals surface area (Å²) < 4.78 is 0. The van der Waals surface area contributed by atoms with E-state index in [1.54, 1.807) is 0 Å². The number of carbonyl (C=O) groups is 2. The summed E-state index contributed by atoms with van der Waals surface area (Å²) >= 11 is 1.51. The van der Waals surface area contributed by atoms with Crippen LogP contribution in [-0.4, -0.2) is 59.5 Å². The lowest BCUT2D eigenvalue weighted by atomic mass is 10.2. The van der Waals surface area contributed by atoms with Crippen LogP contribution in [0.25, 0.3) is 0 Å². The number of nitrogens with zero attached hydrogens (tertiary/aromatic N) is 2. The van der Waals surface area contributed by atoms with Gasteiger partial charge in [0.15, 0.2) is 0 Å². The first kappa shape index (κ1) is 15.0. The second-order valence-electron chi connectivity index (χ2n) is 4.91. The molecule has 110 valence electrons. The number of carboxylic acid groups (broad SMARTS) is 1. The molecule has 1 fully saturated rings. The maximum Gasteiger partial charge on any atom is 0.304 e. The summed E-state index contributed by atoms with van der Waals surface area (Å²) in [6.07, 6.45) is 1.04. The Morgan fingerprint density at radius 3 is 2.60 bits per heavy atom. The van der Waals surface area contributed by atoms with Gasteiger partial charge in [-0.2, -0.15) is 0 Å². The van der Waals surface area contributed by atoms with Crippen LogP contribution in [0.5, 0.6) is 0 Å². The van der Waals surface area contributed by atoms with Crippen LogP contribution in [-0.2, 0) is 11.2 Å². The zero-order valence-corrected chi connectivity index (χ0v) is 12.5. The molecule has 0 atom stereocenters. The Balaban J connectivity index is 1.87. The Kier molecular flexibility index (Phi) is 5.14. The zero-order valence-electron chi connectivity index (χ0n) is 11.7. The third-order valence-corrected chi connectivity index (χ3v) is 4.57. The Hall–Kier alpha value is -1.40. The lowest BCUT2D eigenvalue weighted by Crippen LogP contribution is -2.49. The Labute approximate surface area is 122 Å². The molecule has 1 aliphatic rings. The van der Waals surface area contributed by atoms with Crippen molar-refractivity contribution in [3.63, 3.8) is 0 Å². The first-order chi connectivity index (χ1) is 9.61. The van der Waals surface area contributed by atoms with E-state index in [9.17, 15) is 9.59 Å². The molecular formula is C14H20N2O3S. The highest BCUT2D eigenvalue weighted by Gasteiger charge is 2.24. The molecule has 0 bridgehead atoms. The summed E-state index contributed by atoms with van der Waals surface area (Å²) in [7, 11) is 0. The van der Waals surface area contributed by atoms with Crippen molar-refractivity contribution in [1.82, 2.24) is 9.80 Å². The number of thiophene rings is 1. The molecule has 2 heterocycles. The zero-order chi connectivity index (χ0) is 14.5. The molecule has 5 nitrogen and oxygen atoms in total. The van der Waals surface area contributed by atoms with Gasteiger partial charge in [-0.1, -0.05) is 6.92 Å². The van der Waals surface area contributed by atoms with E-state index in [1.165, 1.54) is 11.3 Å². The van der Waals surface area contributed by atoms with Crippen molar-refractivity contribution in [2.45, 2.75) is 19.8 Å². The predicted octanol–water partition coefficient (Wildman–Crippen LogP) is 1.54. The number of rotatable bonds is 5. The third kappa shape index (κ3) is 3.58. The Bertz CT molecular complexity index is 479. The number of carboxylic acids is 1. The largest absolute Gasteiger partial charge is 0.481 e. The van der Waals surface area contributed by atoms with Crippen LogP contribution in [0, 0.1) is 0 Å². The molecule has 0 spiro atoms. The number of aliphatic carboxylic acids is 1. The van der Waals surface area contributed by atoms with Crippen LogP contribution in [0.15, 0.2) is 11.4 Å². The number of aryl methyl sites for hydroxylation is 1. The van der Waals surface area contributed by atoms with E-state index in [2.05, 4.69) is 11.8 Å². The topological polar surface area (TPSA) is 60.9 Å². The quantitative estimate of drug-likeness (QED) is 0.895. The maximum absolute atomic E-state index is 12.4. The summed E-state index contributed by atoms with van der Waals surface area (Å²) in [6, 6.07) is 2.01. The summed E-state index contributed by atoms with van der Waals surface area (Å²) in [5.74, 6) is -0.649. The predicted molar refractivity (Wildman–Crippen MR) is 78.3 cm³/mol. The number of carbonyl (C=O) groups excluding carboxylic acids is 1. The minimum atomic E-state index is -0.769. The summed E-state index contributed by atoms with van der Waals surface area (Å²) in [6.45, 7) is 5.50. The fraction of sp³-hybridized carbons (Fsp3) is 0.571. The molecular weight excluding hydrogens is 276 g/mol. The number of hydrogen-bond acceptors (Lipinski definition) is 4. The van der Waals surface area contributed by atoms with Gasteiger partial charge in [-0.3, -0.25) is 14.5 Å². The minimum Gasteiger partial charge on any atom is -0.481 e. The van der Waals surface area contributed by atoms with Gasteiger partial charge in [0.2, 0.25) is 0 Å². The fourth-order valence-electron chi connectivity index (χ4n) is 2.37. The van der Waals surface area contributed by atoms with Crippen molar-refractivity contribution < 1.29 is 14.7 Å². The van der Waals surface area contributed by atoms with E-state index < -0.39 is 5.97 Å². The van der Waals surface area contributed by atoms with Gasteiger partial charge in [-0.25, -0.2) is 0 Å². The van der Waals surface area contributed by atoms with Crippen LogP contribution < -0.4 is 0 Å². The number of hydrogen-bond donors (Lipinski definition) is 1. The molecule has 1 saturated heterocycles. The minimum absolute atomic E-state index is 0.120. The third-order valence-electron chi connectivity index (χ3n) is 3.62. The number of amides is 1. The van der Waals surface area contributed by atoms with E-state index in [1.807, 2.05) is 16.3 Å². The average molecular weight is 296 g/mol. The van der Waals surface area contributed by atoms with E-state index in [4.69, 9.17) is 5.11 Å². The van der Waals surface area contributed by atoms with Gasteiger partial charge in [0.05, 0.1) is 11.3 Å². The molecule has 1 N–H and O–H groups in total. The highest BCUT2D eigenvalue weighted by molar-refractivity contribution is 7.12. The monoisotopic (exact) mass is 296 g/mol. The van der Waals surface area contributed by atoms with Crippen molar-refractivity contribution in [1.29, 1.82) is 0 Å². The molecule has 6 heteroatoms. The Morgan fingerprint density at radius 2 is 2.00 bits per heavy atom. The van der Waals surface area contributed by atoms with Gasteiger partial charge in [-0.15, -0.1) is 11.3 Å². The van der Waals surface area contributed by atoms with Crippen molar-refractivity contribution in [3.8, 4) is 0 Å². The van der Waals surface area contributed by atoms with Crippen LogP contribution in [0.1, 0.15) is 28.6 Å². The molecule has 1 aliphatic heterocycles. The van der Waals surface area contributed by atoms with Crippen LogP contribution in [0.4, 0.5) is 0 Å². The van der Waals surface area contributed by atoms with Crippen LogP contribution >= 0.6 is 11.3 Å². The lowest BCUT2D eigenvalue weighted by molar-refractivity contribution is -0.137. The van der Waals surface area contributed by atoms with E-state index in [-0.39, 0.29) is 12.3 Å². The molecule has 1 amide bonds. The van der Waals surface area contributed by atoms with Crippen molar-refractivity contribution in [2.75, 3.05) is 32.7 Å². The van der Waals surface area contributed by atoms with Crippen LogP contribution in [0.2, 0.25) is 0 Å². The molecule has 0 radical (unpaired) electrons. The standard InChI is InChI=1S/C14H20N2O3S/c1-2-11-4-10-20-13(11)14(19)16-8-6-15(7-9-16)5-3-12(17)18/h4,10H,2-3,5-9H2,1H3,(H,17,18). The van der Waals surface area contributed by atoms with Gasteiger partial charge in [0, 0.05) is 32.7 Å². The van der Waals surface area contributed by atoms with Crippen molar-refractivity contribution in [3.05, 3.63) is 21.9 Å². The normalized spacial score (nSPS) is 16.4. The smallest absolute Gasteiger partial charge is 0.304 e. The second kappa shape index (κ2) is 6.85. The van der Waals surface area contributed by atoms with Crippen LogP contribution in [0.3, 0.4) is 0 Å². The fourth-order valence-corrected chi connectivity index (χ4v) is 3.34. The second-order valence-corrected chi connectivity index (χ2v) is 5.82. The molecule has 0 saturated carbocycles. The van der Waals surface area contributed by atoms with E-state index in [0.29, 0.717) is 19.6 Å². The lowest BCUT2D eigenvalue weighted by Gasteiger charge is -2.34. The van der Waals surface area contributed by atoms with E-state index >= 15 is 0 Å². The molecule has 0 aliphatic carbocycles. The summed E-state index contributed by atoms with van der Waals surface area (Å²) in [5.41, 5.74) is 1.12. The van der Waals surface area contributed by atoms with Gasteiger partial charge in [0.1, 0.15) is 0 Å². The number of piperazine rings is 1. The van der Waals surface area contributed by atoms with Gasteiger partial charge in [0.25, 0.3) is 5.91 Å². The van der Waals surface area contributed by atoms with Crippen molar-refractivity contribution in [2.24, 2.45) is 0 Å². The Morgan fingerprint density at radius 1 is 1.30 bits per heavy atom. The molecule has 0 unspecified atom stereocenters. The molecule has 2 rings (SSSR count). The van der Waals surface area contributed by atoms with Crippen molar-refractivity contribution >= 4 is 23.2 Å². The van der Waals surface area contributed by atoms with E-state index in [0.717, 1.165) is 30.0 Å². The molecule has 0 aromatic carbocycles. The van der Waals surface area contributed by atoms with Gasteiger partial charge in [-0.05, 0) is 23.4 Å². The average Bonchev–Trinajstić information content (AvgIpc) is 2.93. The summed E-state index contributed by atoms with van der Waals surface area (Å²) in [4.78, 5) is 27.8. The van der Waals surface area contributed by atoms with Gasteiger partial charge >= 0.3 is 5.97 Å². The first-order valence-corrected chi connectivity index (χ1v) is 7.79.